The van der Waals surface area contributed by atoms with E-state index < -0.39 is 0 Å². The number of nitrogens with zero attached hydrogens (tertiary/aromatic N) is 2. The van der Waals surface area contributed by atoms with Gasteiger partial charge in [-0.25, -0.2) is 4.68 Å². The van der Waals surface area contributed by atoms with Crippen LogP contribution in [0.25, 0.3) is 10.9 Å². The zero-order valence-corrected chi connectivity index (χ0v) is 16.1. The van der Waals surface area contributed by atoms with Crippen LogP contribution in [0.4, 0.5) is 0 Å². The van der Waals surface area contributed by atoms with Crippen molar-refractivity contribution in [1.82, 2.24) is 20.1 Å². The molecule has 1 aromatic carbocycles. The molecule has 1 saturated carbocycles. The maximum absolute atomic E-state index is 12.6. The number of aromatic amines is 1. The maximum Gasteiger partial charge on any atom is 0.267 e. The molecule has 28 heavy (non-hydrogen) atoms. The van der Waals surface area contributed by atoms with Gasteiger partial charge in [0.2, 0.25) is 0 Å². The minimum atomic E-state index is -0.107. The highest BCUT2D eigenvalue weighted by Gasteiger charge is 2.25. The van der Waals surface area contributed by atoms with E-state index in [9.17, 15) is 9.59 Å². The van der Waals surface area contributed by atoms with E-state index in [2.05, 4.69) is 15.4 Å². The lowest BCUT2D eigenvalue weighted by Gasteiger charge is -2.29. The van der Waals surface area contributed by atoms with Crippen LogP contribution >= 0.6 is 0 Å². The first-order chi connectivity index (χ1) is 13.5. The molecule has 2 aromatic heterocycles. The van der Waals surface area contributed by atoms with Crippen molar-refractivity contribution in [1.29, 1.82) is 0 Å². The Morgan fingerprint density at radius 1 is 1.18 bits per heavy atom. The molecule has 4 rings (SSSR count). The Kier molecular flexibility index (Phi) is 4.90. The standard InChI is InChI=1S/C21H24N4O3/c1-13-3-10-20(26)25(24-13)16-7-5-15(6-8-16)22-21(27)19-11-14-4-9-17(28-2)12-18(14)23-19/h3-4,9-12,15-16,23H,5-8H2,1-2H3,(H,22,27). The van der Waals surface area contributed by atoms with Crippen molar-refractivity contribution in [2.75, 3.05) is 7.11 Å². The van der Waals surface area contributed by atoms with Gasteiger partial charge in [-0.1, -0.05) is 0 Å². The average molecular weight is 380 g/mol. The van der Waals surface area contributed by atoms with Gasteiger partial charge < -0.3 is 15.0 Å². The topological polar surface area (TPSA) is 89.0 Å². The van der Waals surface area contributed by atoms with Gasteiger partial charge in [0, 0.05) is 29.1 Å². The van der Waals surface area contributed by atoms with Gasteiger partial charge in [0.05, 0.1) is 18.8 Å². The fraction of sp³-hybridized carbons (Fsp3) is 0.381. The molecule has 0 spiro atoms. The number of amides is 1. The molecule has 7 heteroatoms. The number of nitrogens with one attached hydrogen (secondary N) is 2. The number of aryl methyl sites for hydroxylation is 1. The van der Waals surface area contributed by atoms with E-state index in [1.165, 1.54) is 0 Å². The summed E-state index contributed by atoms with van der Waals surface area (Å²) in [6.07, 6.45) is 3.30. The van der Waals surface area contributed by atoms with Crippen LogP contribution in [0.5, 0.6) is 5.75 Å². The fourth-order valence-electron chi connectivity index (χ4n) is 3.87. The highest BCUT2D eigenvalue weighted by Crippen LogP contribution is 2.27. The number of rotatable bonds is 4. The van der Waals surface area contributed by atoms with Gasteiger partial charge in [0.25, 0.3) is 11.5 Å². The van der Waals surface area contributed by atoms with Crippen LogP contribution in [0.1, 0.15) is 47.9 Å². The molecule has 3 aromatic rings. The Bertz CT molecular complexity index is 1060. The number of aromatic nitrogens is 3. The minimum absolute atomic E-state index is 0.0633. The van der Waals surface area contributed by atoms with Gasteiger partial charge in [-0.2, -0.15) is 5.10 Å². The largest absolute Gasteiger partial charge is 0.497 e. The van der Waals surface area contributed by atoms with Gasteiger partial charge in [-0.05, 0) is 56.9 Å². The first kappa shape index (κ1) is 18.3. The third kappa shape index (κ3) is 3.65. The van der Waals surface area contributed by atoms with Crippen molar-refractivity contribution in [3.63, 3.8) is 0 Å². The summed E-state index contributed by atoms with van der Waals surface area (Å²) >= 11 is 0. The molecule has 1 fully saturated rings. The number of hydrogen-bond donors (Lipinski definition) is 2. The number of hydrogen-bond acceptors (Lipinski definition) is 4. The van der Waals surface area contributed by atoms with Crippen LogP contribution in [-0.4, -0.2) is 33.8 Å². The van der Waals surface area contributed by atoms with Crippen LogP contribution in [0.2, 0.25) is 0 Å². The molecule has 2 N–H and O–H groups in total. The highest BCUT2D eigenvalue weighted by molar-refractivity contribution is 5.98. The molecule has 0 saturated heterocycles. The number of carbonyl (C=O) groups excluding carboxylic acids is 1. The summed E-state index contributed by atoms with van der Waals surface area (Å²) in [6.45, 7) is 1.89. The van der Waals surface area contributed by atoms with E-state index in [1.807, 2.05) is 31.2 Å². The van der Waals surface area contributed by atoms with Gasteiger partial charge in [-0.15, -0.1) is 0 Å². The van der Waals surface area contributed by atoms with Crippen LogP contribution < -0.4 is 15.6 Å². The average Bonchev–Trinajstić information content (AvgIpc) is 3.14. The Labute approximate surface area is 162 Å². The summed E-state index contributed by atoms with van der Waals surface area (Å²) in [5.41, 5.74) is 2.19. The van der Waals surface area contributed by atoms with Crippen LogP contribution in [0, 0.1) is 6.92 Å². The minimum Gasteiger partial charge on any atom is -0.497 e. The van der Waals surface area contributed by atoms with Gasteiger partial charge in [-0.3, -0.25) is 9.59 Å². The maximum atomic E-state index is 12.6. The summed E-state index contributed by atoms with van der Waals surface area (Å²) in [5, 5.41) is 8.46. The molecule has 7 nitrogen and oxygen atoms in total. The number of carbonyl (C=O) groups is 1. The first-order valence-electron chi connectivity index (χ1n) is 9.57. The molecule has 1 aliphatic carbocycles. The van der Waals surface area contributed by atoms with Crippen molar-refractivity contribution in [3.05, 3.63) is 58.1 Å². The predicted octanol–water partition coefficient (Wildman–Crippen LogP) is 2.96. The fourth-order valence-corrected chi connectivity index (χ4v) is 3.87. The molecule has 146 valence electrons. The summed E-state index contributed by atoms with van der Waals surface area (Å²) in [7, 11) is 1.62. The van der Waals surface area contributed by atoms with Crippen LogP contribution in [-0.2, 0) is 0 Å². The van der Waals surface area contributed by atoms with Gasteiger partial charge in [0.15, 0.2) is 0 Å². The third-order valence-corrected chi connectivity index (χ3v) is 5.41. The second-order valence-corrected chi connectivity index (χ2v) is 7.37. The summed E-state index contributed by atoms with van der Waals surface area (Å²) < 4.78 is 6.82. The molecule has 0 aliphatic heterocycles. The molecular formula is C21H24N4O3. The zero-order valence-electron chi connectivity index (χ0n) is 16.1. The Morgan fingerprint density at radius 3 is 2.71 bits per heavy atom. The Hall–Kier alpha value is -3.09. The molecule has 1 aliphatic rings. The number of fused-ring (bicyclic) bond motifs is 1. The number of methoxy groups -OCH3 is 1. The first-order valence-corrected chi connectivity index (χ1v) is 9.57. The lowest BCUT2D eigenvalue weighted by molar-refractivity contribution is 0.0917. The van der Waals surface area contributed by atoms with E-state index in [0.717, 1.165) is 48.0 Å². The van der Waals surface area contributed by atoms with Crippen LogP contribution in [0.3, 0.4) is 0 Å². The third-order valence-electron chi connectivity index (χ3n) is 5.41. The van der Waals surface area contributed by atoms with Crippen molar-refractivity contribution >= 4 is 16.8 Å². The second kappa shape index (κ2) is 7.50. The van der Waals surface area contributed by atoms with Crippen LogP contribution in [0.15, 0.2) is 41.2 Å². The summed E-state index contributed by atoms with van der Waals surface area (Å²) in [6, 6.07) is 11.0. The second-order valence-electron chi connectivity index (χ2n) is 7.37. The lowest BCUT2D eigenvalue weighted by atomic mass is 9.91. The molecule has 0 radical (unpaired) electrons. The normalized spacial score (nSPS) is 19.5. The summed E-state index contributed by atoms with van der Waals surface area (Å²) in [5.74, 6) is 0.643. The monoisotopic (exact) mass is 380 g/mol. The smallest absolute Gasteiger partial charge is 0.267 e. The molecule has 2 heterocycles. The number of ether oxygens (including phenoxy) is 1. The van der Waals surface area contributed by atoms with Gasteiger partial charge in [0.1, 0.15) is 11.4 Å². The van der Waals surface area contributed by atoms with Crippen molar-refractivity contribution < 1.29 is 9.53 Å². The molecular weight excluding hydrogens is 356 g/mol. The van der Waals surface area contributed by atoms with Crippen molar-refractivity contribution in [2.24, 2.45) is 0 Å². The van der Waals surface area contributed by atoms with E-state index in [-0.39, 0.29) is 23.6 Å². The molecule has 1 amide bonds. The lowest BCUT2D eigenvalue weighted by Crippen LogP contribution is -2.39. The summed E-state index contributed by atoms with van der Waals surface area (Å²) in [4.78, 5) is 27.9. The van der Waals surface area contributed by atoms with Gasteiger partial charge >= 0.3 is 0 Å². The molecule has 0 atom stereocenters. The molecule has 0 bridgehead atoms. The number of benzene rings is 1. The highest BCUT2D eigenvalue weighted by atomic mass is 16.5. The Morgan fingerprint density at radius 2 is 1.96 bits per heavy atom. The zero-order chi connectivity index (χ0) is 19.7. The predicted molar refractivity (Wildman–Crippen MR) is 107 cm³/mol. The molecule has 0 unspecified atom stereocenters. The van der Waals surface area contributed by atoms with E-state index >= 15 is 0 Å². The van der Waals surface area contributed by atoms with E-state index in [4.69, 9.17) is 4.74 Å². The number of H-pyrrole nitrogens is 1. The Balaban J connectivity index is 1.40. The van der Waals surface area contributed by atoms with E-state index in [1.54, 1.807) is 23.9 Å². The van der Waals surface area contributed by atoms with Crippen molar-refractivity contribution in [3.8, 4) is 5.75 Å². The van der Waals surface area contributed by atoms with Crippen molar-refractivity contribution in [2.45, 2.75) is 44.7 Å². The SMILES string of the molecule is COc1ccc2cc(C(=O)NC3CCC(n4nc(C)ccc4=O)CC3)[nH]c2c1. The van der Waals surface area contributed by atoms with E-state index in [0.29, 0.717) is 5.69 Å². The quantitative estimate of drug-likeness (QED) is 0.728.